The van der Waals surface area contributed by atoms with Crippen molar-refractivity contribution < 1.29 is 30.7 Å². The Morgan fingerprint density at radius 1 is 1.04 bits per heavy atom. The number of imidazole rings is 1. The summed E-state index contributed by atoms with van der Waals surface area (Å²) in [6.45, 7) is 4.16. The minimum Gasteiger partial charge on any atom is -1.00 e. The van der Waals surface area contributed by atoms with Crippen LogP contribution in [0.5, 0.6) is 0 Å². The number of likely N-dealkylation sites (tertiary alicyclic amines) is 1. The van der Waals surface area contributed by atoms with E-state index >= 15 is 0 Å². The zero-order valence-electron chi connectivity index (χ0n) is 15.7. The van der Waals surface area contributed by atoms with Crippen molar-refractivity contribution in [1.29, 1.82) is 0 Å². The molecule has 5 nitrogen and oxygen atoms in total. The largest absolute Gasteiger partial charge is 1.00 e. The van der Waals surface area contributed by atoms with Gasteiger partial charge in [-0.1, -0.05) is 12.1 Å². The summed E-state index contributed by atoms with van der Waals surface area (Å²) in [4.78, 5) is 15.1. The lowest BCUT2D eigenvalue weighted by Gasteiger charge is -2.13. The molecule has 0 saturated carbocycles. The first-order valence-electron chi connectivity index (χ1n) is 9.41. The number of hydrogen-bond acceptors (Lipinski definition) is 3. The molecule has 0 amide bonds. The molecule has 1 aromatic heterocycles. The molecule has 4 rings (SSSR count). The Hall–Kier alpha value is -2.25. The minimum atomic E-state index is -0.350. The molecule has 1 aliphatic heterocycles. The molecule has 0 spiro atoms. The first-order valence-corrected chi connectivity index (χ1v) is 9.41. The number of carbonyl (C=O) groups is 1. The van der Waals surface area contributed by atoms with Crippen LogP contribution in [0.25, 0.3) is 11.0 Å². The van der Waals surface area contributed by atoms with E-state index in [4.69, 9.17) is 5.73 Å². The fraction of sp³-hybridized carbons (Fsp3) is 0.333. The summed E-state index contributed by atoms with van der Waals surface area (Å²) >= 11 is 0. The Morgan fingerprint density at radius 3 is 2.43 bits per heavy atom. The summed E-state index contributed by atoms with van der Waals surface area (Å²) in [5.41, 5.74) is 8.90. The second kappa shape index (κ2) is 8.84. The number of carbonyl (C=O) groups excluding carboxylic acids is 1. The van der Waals surface area contributed by atoms with Crippen molar-refractivity contribution in [2.45, 2.75) is 25.9 Å². The number of halogens is 2. The molecule has 1 aliphatic rings. The summed E-state index contributed by atoms with van der Waals surface area (Å²) in [7, 11) is 0. The molecule has 2 heterocycles. The summed E-state index contributed by atoms with van der Waals surface area (Å²) in [6.07, 6.45) is 2.52. The molecule has 3 aromatic rings. The van der Waals surface area contributed by atoms with Crippen molar-refractivity contribution >= 4 is 22.8 Å². The Bertz CT molecular complexity index is 964. The van der Waals surface area contributed by atoms with Crippen molar-refractivity contribution in [3.05, 3.63) is 59.9 Å². The SMILES string of the molecule is Nc1n(CCN2CCCC2)c2ccccc2[n+]1CC(=O)c1ccc(F)cc1.[Br-]. The molecule has 148 valence electrons. The van der Waals surface area contributed by atoms with Gasteiger partial charge in [-0.25, -0.2) is 13.5 Å². The van der Waals surface area contributed by atoms with E-state index in [1.807, 2.05) is 28.8 Å². The van der Waals surface area contributed by atoms with E-state index < -0.39 is 0 Å². The van der Waals surface area contributed by atoms with Crippen molar-refractivity contribution in [2.75, 3.05) is 25.4 Å². The number of benzene rings is 2. The van der Waals surface area contributed by atoms with Gasteiger partial charge in [0.1, 0.15) is 23.4 Å². The van der Waals surface area contributed by atoms with E-state index in [2.05, 4.69) is 9.47 Å². The highest BCUT2D eigenvalue weighted by Gasteiger charge is 2.24. The number of fused-ring (bicyclic) bond motifs is 1. The van der Waals surface area contributed by atoms with Gasteiger partial charge in [-0.2, -0.15) is 0 Å². The number of hydrogen-bond donors (Lipinski definition) is 1. The molecule has 0 bridgehead atoms. The van der Waals surface area contributed by atoms with Crippen LogP contribution >= 0.6 is 0 Å². The molecule has 1 saturated heterocycles. The van der Waals surface area contributed by atoms with E-state index in [0.717, 1.165) is 37.2 Å². The lowest BCUT2D eigenvalue weighted by molar-refractivity contribution is -0.642. The predicted molar refractivity (Wildman–Crippen MR) is 103 cm³/mol. The maximum Gasteiger partial charge on any atom is 0.356 e. The Kier molecular flexibility index (Phi) is 6.46. The first-order chi connectivity index (χ1) is 13.1. The number of para-hydroxylation sites is 2. The van der Waals surface area contributed by atoms with Crippen LogP contribution in [-0.4, -0.2) is 34.9 Å². The van der Waals surface area contributed by atoms with E-state index in [1.54, 1.807) is 0 Å². The number of Topliss-reactive ketones (excluding diaryl/α,β-unsaturated/α-hetero) is 1. The molecule has 0 unspecified atom stereocenters. The standard InChI is InChI=1S/C21H23FN4O.BrH/c22-17-9-7-16(8-10-17)20(27)15-26-19-6-2-1-5-18(19)25(21(26)23)14-13-24-11-3-4-12-24;/h1-2,5-10,23H,3-4,11-15H2;1H. The van der Waals surface area contributed by atoms with Gasteiger partial charge in [0, 0.05) is 12.1 Å². The summed E-state index contributed by atoms with van der Waals surface area (Å²) in [5, 5.41) is 0. The lowest BCUT2D eigenvalue weighted by atomic mass is 10.1. The van der Waals surface area contributed by atoms with Crippen LogP contribution in [0.3, 0.4) is 0 Å². The minimum absolute atomic E-state index is 0. The lowest BCUT2D eigenvalue weighted by Crippen LogP contribution is -3.00. The second-order valence-electron chi connectivity index (χ2n) is 7.06. The Balaban J connectivity index is 0.00000225. The van der Waals surface area contributed by atoms with Crippen molar-refractivity contribution in [3.8, 4) is 0 Å². The molecule has 2 aromatic carbocycles. The van der Waals surface area contributed by atoms with Gasteiger partial charge in [0.2, 0.25) is 0 Å². The monoisotopic (exact) mass is 446 g/mol. The van der Waals surface area contributed by atoms with E-state index in [-0.39, 0.29) is 35.1 Å². The van der Waals surface area contributed by atoms with Crippen LogP contribution in [0.2, 0.25) is 0 Å². The zero-order chi connectivity index (χ0) is 18.8. The number of rotatable bonds is 6. The second-order valence-corrected chi connectivity index (χ2v) is 7.06. The Labute approximate surface area is 174 Å². The topological polar surface area (TPSA) is 55.1 Å². The molecule has 2 N–H and O–H groups in total. The van der Waals surface area contributed by atoms with Crippen LogP contribution in [0.1, 0.15) is 23.2 Å². The maximum absolute atomic E-state index is 13.1. The van der Waals surface area contributed by atoms with E-state index in [1.165, 1.54) is 37.1 Å². The number of nitrogens with zero attached hydrogens (tertiary/aromatic N) is 3. The highest BCUT2D eigenvalue weighted by Crippen LogP contribution is 2.17. The van der Waals surface area contributed by atoms with Crippen molar-refractivity contribution in [3.63, 3.8) is 0 Å². The smallest absolute Gasteiger partial charge is 0.356 e. The molecule has 7 heteroatoms. The number of nitrogens with two attached hydrogens (primary N) is 1. The quantitative estimate of drug-likeness (QED) is 0.415. The van der Waals surface area contributed by atoms with Crippen LogP contribution < -0.4 is 27.3 Å². The normalized spacial score (nSPS) is 14.3. The fourth-order valence-electron chi connectivity index (χ4n) is 3.83. The van der Waals surface area contributed by atoms with Crippen molar-refractivity contribution in [2.24, 2.45) is 0 Å². The third-order valence-corrected chi connectivity index (χ3v) is 5.32. The van der Waals surface area contributed by atoms with Gasteiger partial charge >= 0.3 is 5.95 Å². The highest BCUT2D eigenvalue weighted by molar-refractivity contribution is 5.95. The molecule has 0 radical (unpaired) electrons. The number of anilines is 1. The molecule has 28 heavy (non-hydrogen) atoms. The molecular weight excluding hydrogens is 423 g/mol. The number of aromatic nitrogens is 2. The third kappa shape index (κ3) is 4.10. The predicted octanol–water partition coefficient (Wildman–Crippen LogP) is -0.367. The zero-order valence-corrected chi connectivity index (χ0v) is 17.2. The van der Waals surface area contributed by atoms with Gasteiger partial charge in [0.25, 0.3) is 0 Å². The number of ketones is 1. The van der Waals surface area contributed by atoms with Gasteiger partial charge in [0.05, 0.1) is 6.54 Å². The van der Waals surface area contributed by atoms with Crippen LogP contribution in [0.15, 0.2) is 48.5 Å². The average Bonchev–Trinajstić information content (AvgIpc) is 3.28. The maximum atomic E-state index is 13.1. The average molecular weight is 447 g/mol. The fourth-order valence-corrected chi connectivity index (χ4v) is 3.83. The molecule has 0 atom stereocenters. The van der Waals surface area contributed by atoms with Gasteiger partial charge in [0.15, 0.2) is 5.78 Å². The van der Waals surface area contributed by atoms with E-state index in [9.17, 15) is 9.18 Å². The highest BCUT2D eigenvalue weighted by atomic mass is 79.9. The van der Waals surface area contributed by atoms with E-state index in [0.29, 0.717) is 11.5 Å². The Morgan fingerprint density at radius 2 is 1.71 bits per heavy atom. The first kappa shape index (κ1) is 20.5. The third-order valence-electron chi connectivity index (χ3n) is 5.32. The van der Waals surface area contributed by atoms with Gasteiger partial charge in [-0.05, 0) is 62.3 Å². The van der Waals surface area contributed by atoms with Gasteiger partial charge < -0.3 is 21.9 Å². The van der Waals surface area contributed by atoms with Crippen LogP contribution in [0, 0.1) is 5.82 Å². The molecule has 0 aliphatic carbocycles. The summed E-state index contributed by atoms with van der Waals surface area (Å²) < 4.78 is 17.1. The summed E-state index contributed by atoms with van der Waals surface area (Å²) in [5.74, 6) is 0.136. The summed E-state index contributed by atoms with van der Waals surface area (Å²) in [6, 6.07) is 13.6. The van der Waals surface area contributed by atoms with Gasteiger partial charge in [-0.15, -0.1) is 0 Å². The molecular formula is C21H24BrFN4O. The number of nitrogen functional groups attached to an aromatic ring is 1. The van der Waals surface area contributed by atoms with Crippen LogP contribution in [-0.2, 0) is 13.1 Å². The van der Waals surface area contributed by atoms with Crippen molar-refractivity contribution in [1.82, 2.24) is 9.47 Å². The molecule has 1 fully saturated rings. The van der Waals surface area contributed by atoms with Gasteiger partial charge in [-0.3, -0.25) is 10.5 Å². The van der Waals surface area contributed by atoms with Crippen LogP contribution in [0.4, 0.5) is 10.3 Å².